The van der Waals surface area contributed by atoms with Crippen LogP contribution in [0.5, 0.6) is 5.75 Å². The minimum Gasteiger partial charge on any atom is -0.423 e. The zero-order chi connectivity index (χ0) is 21.7. The summed E-state index contributed by atoms with van der Waals surface area (Å²) in [5.74, 6) is -2.65. The van der Waals surface area contributed by atoms with Crippen LogP contribution in [-0.2, 0) is 11.3 Å². The van der Waals surface area contributed by atoms with E-state index in [2.05, 4.69) is 14.7 Å². The number of fused-ring (bicyclic) bond motifs is 2. The Balaban J connectivity index is 1.79. The maximum atomic E-state index is 14.2. The van der Waals surface area contributed by atoms with Crippen LogP contribution in [0, 0.1) is 0 Å². The molecule has 1 N–H and O–H groups in total. The van der Waals surface area contributed by atoms with E-state index in [4.69, 9.17) is 0 Å². The number of aliphatic hydroxyl groups is 1. The van der Waals surface area contributed by atoms with Gasteiger partial charge in [-0.3, -0.25) is 19.7 Å². The van der Waals surface area contributed by atoms with Crippen LogP contribution in [0.4, 0.5) is 27.6 Å². The van der Waals surface area contributed by atoms with Crippen LogP contribution < -0.4 is 9.64 Å². The molecule has 2 heterocycles. The van der Waals surface area contributed by atoms with Gasteiger partial charge in [-0.15, -0.1) is 0 Å². The number of carbonyl (C=O) groups is 1. The van der Waals surface area contributed by atoms with E-state index in [1.165, 1.54) is 24.5 Å². The first-order valence-electron chi connectivity index (χ1n) is 8.54. The number of ether oxygens (including phenoxy) is 1. The largest absolute Gasteiger partial charge is 0.483 e. The molecule has 11 heteroatoms. The van der Waals surface area contributed by atoms with E-state index >= 15 is 0 Å². The first-order chi connectivity index (χ1) is 14.1. The number of aromatic nitrogens is 2. The summed E-state index contributed by atoms with van der Waals surface area (Å²) in [6, 6.07) is 7.72. The summed E-state index contributed by atoms with van der Waals surface area (Å²) in [6.07, 6.45) is -9.69. The van der Waals surface area contributed by atoms with Gasteiger partial charge in [-0.2, -0.15) is 22.0 Å². The second kappa shape index (κ2) is 6.87. The number of anilines is 1. The summed E-state index contributed by atoms with van der Waals surface area (Å²) in [4.78, 5) is 21.1. The van der Waals surface area contributed by atoms with Crippen molar-refractivity contribution in [3.05, 3.63) is 59.9 Å². The van der Waals surface area contributed by atoms with Crippen LogP contribution in [0.25, 0.3) is 11.0 Å². The smallest absolute Gasteiger partial charge is 0.423 e. The predicted molar refractivity (Wildman–Crippen MR) is 93.8 cm³/mol. The van der Waals surface area contributed by atoms with Crippen molar-refractivity contribution in [1.82, 2.24) is 9.97 Å². The van der Waals surface area contributed by atoms with Gasteiger partial charge in [0.15, 0.2) is 11.9 Å². The molecule has 0 bridgehead atoms. The summed E-state index contributed by atoms with van der Waals surface area (Å²) >= 11 is 0. The number of hydrogen-bond acceptors (Lipinski definition) is 5. The molecule has 1 aromatic heterocycles. The Morgan fingerprint density at radius 3 is 2.50 bits per heavy atom. The molecule has 0 spiro atoms. The van der Waals surface area contributed by atoms with Gasteiger partial charge in [0.05, 0.1) is 23.3 Å². The third-order valence-electron chi connectivity index (χ3n) is 4.52. The molecule has 4 rings (SSSR count). The third-order valence-corrected chi connectivity index (χ3v) is 4.52. The van der Waals surface area contributed by atoms with Crippen molar-refractivity contribution >= 4 is 22.6 Å². The van der Waals surface area contributed by atoms with Crippen LogP contribution >= 0.6 is 0 Å². The van der Waals surface area contributed by atoms with Gasteiger partial charge in [-0.25, -0.2) is 0 Å². The molecule has 0 aliphatic carbocycles. The summed E-state index contributed by atoms with van der Waals surface area (Å²) in [7, 11) is 0. The van der Waals surface area contributed by atoms with Gasteiger partial charge in [-0.05, 0) is 23.8 Å². The molecule has 1 atom stereocenters. The van der Waals surface area contributed by atoms with Crippen LogP contribution in [0.15, 0.2) is 48.8 Å². The number of nitrogens with zero attached hydrogens (tertiary/aromatic N) is 3. The molecule has 0 unspecified atom stereocenters. The lowest BCUT2D eigenvalue weighted by Crippen LogP contribution is -2.50. The quantitative estimate of drug-likeness (QED) is 0.647. The Morgan fingerprint density at radius 1 is 1.10 bits per heavy atom. The van der Waals surface area contributed by atoms with Gasteiger partial charge in [0, 0.05) is 18.0 Å². The van der Waals surface area contributed by atoms with Crippen LogP contribution in [0.3, 0.4) is 0 Å². The number of amides is 1. The number of carbonyl (C=O) groups excluding carboxylic acids is 1. The number of alkyl halides is 5. The molecule has 0 radical (unpaired) electrons. The highest BCUT2D eigenvalue weighted by Crippen LogP contribution is 2.47. The minimum absolute atomic E-state index is 0.314. The topological polar surface area (TPSA) is 75.6 Å². The fraction of sp³-hybridized carbons (Fsp3) is 0.211. The highest BCUT2D eigenvalue weighted by atomic mass is 19.4. The normalized spacial score (nSPS) is 16.9. The molecule has 0 saturated heterocycles. The molecule has 1 amide bonds. The van der Waals surface area contributed by atoms with Crippen LogP contribution in [-0.4, -0.2) is 33.3 Å². The van der Waals surface area contributed by atoms with E-state index in [0.29, 0.717) is 21.5 Å². The zero-order valence-corrected chi connectivity index (χ0v) is 14.9. The van der Waals surface area contributed by atoms with E-state index in [0.717, 1.165) is 18.2 Å². The Morgan fingerprint density at radius 2 is 1.80 bits per heavy atom. The van der Waals surface area contributed by atoms with Crippen molar-refractivity contribution < 1.29 is 36.6 Å². The Bertz CT molecular complexity index is 1140. The van der Waals surface area contributed by atoms with Crippen molar-refractivity contribution in [1.29, 1.82) is 0 Å². The number of para-hydroxylation sites is 1. The van der Waals surface area contributed by atoms with E-state index in [-0.39, 0.29) is 12.2 Å². The molecule has 3 aromatic rings. The summed E-state index contributed by atoms with van der Waals surface area (Å²) in [6.45, 7) is -0.386. The predicted octanol–water partition coefficient (Wildman–Crippen LogP) is 3.74. The molecule has 0 saturated carbocycles. The lowest BCUT2D eigenvalue weighted by molar-refractivity contribution is -0.211. The maximum Gasteiger partial charge on any atom is 0.483 e. The minimum atomic E-state index is -5.11. The standard InChI is InChI=1S/C19H12F5N3O3/c20-18(21,22)16(28)11-2-1-3-14-15(11)30-19(23,24)17(29)27(14)9-10-4-5-12-13(8-10)26-7-6-25-12/h1-8,16,28H,9H2/t16-/m0/s1. The van der Waals surface area contributed by atoms with Crippen LogP contribution in [0.1, 0.15) is 17.2 Å². The molecule has 0 fully saturated rings. The van der Waals surface area contributed by atoms with E-state index in [1.54, 1.807) is 6.07 Å². The fourth-order valence-electron chi connectivity index (χ4n) is 3.14. The molecular formula is C19H12F5N3O3. The van der Waals surface area contributed by atoms with E-state index in [9.17, 15) is 31.9 Å². The van der Waals surface area contributed by atoms with Gasteiger partial charge >= 0.3 is 18.2 Å². The first kappa shape index (κ1) is 20.0. The number of benzene rings is 2. The number of aliphatic hydroxyl groups excluding tert-OH is 1. The number of halogens is 5. The zero-order valence-electron chi connectivity index (χ0n) is 14.9. The van der Waals surface area contributed by atoms with Crippen molar-refractivity contribution in [2.75, 3.05) is 4.90 Å². The Kier molecular flexibility index (Phi) is 4.57. The van der Waals surface area contributed by atoms with Gasteiger partial charge in [0.2, 0.25) is 0 Å². The number of hydrogen-bond donors (Lipinski definition) is 1. The fourth-order valence-corrected chi connectivity index (χ4v) is 3.14. The summed E-state index contributed by atoms with van der Waals surface area (Å²) in [5, 5.41) is 9.57. The second-order valence-corrected chi connectivity index (χ2v) is 6.53. The second-order valence-electron chi connectivity index (χ2n) is 6.53. The monoisotopic (exact) mass is 425 g/mol. The lowest BCUT2D eigenvalue weighted by Gasteiger charge is -2.35. The van der Waals surface area contributed by atoms with Gasteiger partial charge in [0.25, 0.3) is 0 Å². The first-order valence-corrected chi connectivity index (χ1v) is 8.54. The third kappa shape index (κ3) is 3.41. The highest BCUT2D eigenvalue weighted by Gasteiger charge is 2.52. The molecule has 30 heavy (non-hydrogen) atoms. The van der Waals surface area contributed by atoms with Crippen molar-refractivity contribution in [2.45, 2.75) is 24.9 Å². The molecule has 156 valence electrons. The maximum absolute atomic E-state index is 14.2. The molecule has 6 nitrogen and oxygen atoms in total. The lowest BCUT2D eigenvalue weighted by atomic mass is 10.0. The summed E-state index contributed by atoms with van der Waals surface area (Å²) < 4.78 is 71.7. The molecule has 1 aliphatic heterocycles. The molecule has 2 aromatic carbocycles. The van der Waals surface area contributed by atoms with Crippen molar-refractivity contribution in [3.63, 3.8) is 0 Å². The molecular weight excluding hydrogens is 413 g/mol. The average molecular weight is 425 g/mol. The van der Waals surface area contributed by atoms with Gasteiger partial charge < -0.3 is 9.84 Å². The number of rotatable bonds is 3. The highest BCUT2D eigenvalue weighted by molar-refractivity contribution is 6.01. The average Bonchev–Trinajstić information content (AvgIpc) is 2.69. The van der Waals surface area contributed by atoms with Gasteiger partial charge in [-0.1, -0.05) is 18.2 Å². The van der Waals surface area contributed by atoms with Gasteiger partial charge in [0.1, 0.15) is 0 Å². The SMILES string of the molecule is O=C1N(Cc2ccc3nccnc3c2)c2cccc([C@H](O)C(F)(F)F)c2OC1(F)F. The van der Waals surface area contributed by atoms with Crippen molar-refractivity contribution in [3.8, 4) is 5.75 Å². The molecule has 1 aliphatic rings. The van der Waals surface area contributed by atoms with E-state index < -0.39 is 35.6 Å². The summed E-state index contributed by atoms with van der Waals surface area (Å²) in [5.41, 5.74) is 0.147. The Labute approximate surface area is 165 Å². The van der Waals surface area contributed by atoms with Crippen LogP contribution in [0.2, 0.25) is 0 Å². The van der Waals surface area contributed by atoms with E-state index in [1.807, 2.05) is 0 Å². The van der Waals surface area contributed by atoms with Crippen molar-refractivity contribution in [2.24, 2.45) is 0 Å². The Hall–Kier alpha value is -3.34.